The standard InChI is InChI=1S/C51H93NO5/c1-4-7-10-13-16-19-22-24-26-28-30-33-36-39-42-47(57-51(56)44-41-38-35-32-29-25-23-20-17-14-11-8-5-2)45-50(55)52-48(46-53)49(54)43-40-37-34-31-27-21-18-15-12-9-6-3/h7,10,16,19,24,26,30,33,47-49,53-54H,4-6,8-9,11-15,17-18,20-23,25,27-29,31-32,34-46H2,1-3H3,(H,52,55)/b10-7+,19-16+,26-24+,33-30+. The van der Waals surface area contributed by atoms with E-state index in [-0.39, 0.29) is 24.9 Å². The van der Waals surface area contributed by atoms with E-state index in [4.69, 9.17) is 4.74 Å². The summed E-state index contributed by atoms with van der Waals surface area (Å²) in [5.74, 6) is -0.524. The van der Waals surface area contributed by atoms with Gasteiger partial charge in [0.05, 0.1) is 25.2 Å². The van der Waals surface area contributed by atoms with Crippen LogP contribution in [0.25, 0.3) is 0 Å². The Kier molecular flexibility index (Phi) is 43.2. The number of hydrogen-bond donors (Lipinski definition) is 3. The van der Waals surface area contributed by atoms with Gasteiger partial charge in [0.1, 0.15) is 6.10 Å². The molecule has 0 fully saturated rings. The number of unbranched alkanes of at least 4 members (excludes halogenated alkanes) is 23. The molecule has 0 aliphatic heterocycles. The number of aliphatic hydroxyl groups is 2. The Labute approximate surface area is 353 Å². The highest BCUT2D eigenvalue weighted by Gasteiger charge is 2.24. The first-order valence-corrected chi connectivity index (χ1v) is 24.4. The minimum absolute atomic E-state index is 0.0419. The number of esters is 1. The van der Waals surface area contributed by atoms with E-state index in [0.29, 0.717) is 19.3 Å². The van der Waals surface area contributed by atoms with Crippen molar-refractivity contribution in [3.8, 4) is 0 Å². The lowest BCUT2D eigenvalue weighted by molar-refractivity contribution is -0.151. The van der Waals surface area contributed by atoms with Crippen LogP contribution in [0, 0.1) is 0 Å². The van der Waals surface area contributed by atoms with E-state index < -0.39 is 18.2 Å². The topological polar surface area (TPSA) is 95.9 Å². The summed E-state index contributed by atoms with van der Waals surface area (Å²) < 4.78 is 5.89. The second-order valence-electron chi connectivity index (χ2n) is 16.5. The molecule has 0 radical (unpaired) electrons. The predicted molar refractivity (Wildman–Crippen MR) is 245 cm³/mol. The molecule has 6 nitrogen and oxygen atoms in total. The molecular weight excluding hydrogens is 707 g/mol. The number of allylic oxidation sites excluding steroid dienone is 8. The SMILES string of the molecule is CC/C=C/C/C=C/C/C=C/C/C=C/CCCC(CC(=O)NC(CO)C(O)CCCCCCCCCCCCC)OC(=O)CCCCCCCCCCCCCCC. The fourth-order valence-electron chi connectivity index (χ4n) is 7.25. The average Bonchev–Trinajstić information content (AvgIpc) is 3.20. The number of aliphatic hydroxyl groups excluding tert-OH is 2. The van der Waals surface area contributed by atoms with Gasteiger partial charge in [0.25, 0.3) is 0 Å². The van der Waals surface area contributed by atoms with Crippen LogP contribution in [0.5, 0.6) is 0 Å². The highest BCUT2D eigenvalue weighted by molar-refractivity contribution is 5.77. The molecule has 0 bridgehead atoms. The van der Waals surface area contributed by atoms with Crippen molar-refractivity contribution in [2.75, 3.05) is 6.61 Å². The summed E-state index contributed by atoms with van der Waals surface area (Å²) in [5, 5.41) is 23.7. The van der Waals surface area contributed by atoms with Crippen LogP contribution < -0.4 is 5.32 Å². The fourth-order valence-corrected chi connectivity index (χ4v) is 7.25. The fraction of sp³-hybridized carbons (Fsp3) is 0.804. The molecule has 332 valence electrons. The monoisotopic (exact) mass is 800 g/mol. The van der Waals surface area contributed by atoms with Gasteiger partial charge in [0.2, 0.25) is 5.91 Å². The van der Waals surface area contributed by atoms with Crippen LogP contribution in [0.4, 0.5) is 0 Å². The summed E-state index contributed by atoms with van der Waals surface area (Å²) in [6, 6.07) is -0.716. The Morgan fingerprint density at radius 1 is 0.526 bits per heavy atom. The molecule has 6 heteroatoms. The van der Waals surface area contributed by atoms with Gasteiger partial charge in [-0.25, -0.2) is 0 Å². The Balaban J connectivity index is 4.68. The van der Waals surface area contributed by atoms with Gasteiger partial charge in [-0.05, 0) is 57.8 Å². The third-order valence-electron chi connectivity index (χ3n) is 10.9. The van der Waals surface area contributed by atoms with E-state index in [9.17, 15) is 19.8 Å². The maximum absolute atomic E-state index is 13.1. The number of hydrogen-bond acceptors (Lipinski definition) is 5. The smallest absolute Gasteiger partial charge is 0.306 e. The first-order valence-electron chi connectivity index (χ1n) is 24.4. The van der Waals surface area contributed by atoms with E-state index >= 15 is 0 Å². The van der Waals surface area contributed by atoms with E-state index in [0.717, 1.165) is 77.0 Å². The second-order valence-corrected chi connectivity index (χ2v) is 16.5. The van der Waals surface area contributed by atoms with Crippen molar-refractivity contribution in [2.45, 2.75) is 257 Å². The Hall–Kier alpha value is -2.18. The number of amides is 1. The lowest BCUT2D eigenvalue weighted by Crippen LogP contribution is -2.46. The molecule has 3 N–H and O–H groups in total. The lowest BCUT2D eigenvalue weighted by Gasteiger charge is -2.24. The average molecular weight is 800 g/mol. The minimum atomic E-state index is -0.799. The molecule has 3 unspecified atom stereocenters. The first kappa shape index (κ1) is 54.8. The van der Waals surface area contributed by atoms with E-state index in [1.165, 1.54) is 116 Å². The van der Waals surface area contributed by atoms with Gasteiger partial charge in [-0.15, -0.1) is 0 Å². The third kappa shape index (κ3) is 40.4. The summed E-state index contributed by atoms with van der Waals surface area (Å²) >= 11 is 0. The van der Waals surface area contributed by atoms with E-state index in [1.807, 2.05) is 0 Å². The van der Waals surface area contributed by atoms with Gasteiger partial charge in [0.15, 0.2) is 0 Å². The molecule has 0 saturated heterocycles. The number of rotatable bonds is 43. The maximum atomic E-state index is 13.1. The van der Waals surface area contributed by atoms with Crippen molar-refractivity contribution in [1.82, 2.24) is 5.32 Å². The minimum Gasteiger partial charge on any atom is -0.462 e. The molecule has 0 aromatic carbocycles. The van der Waals surface area contributed by atoms with Gasteiger partial charge in [-0.3, -0.25) is 9.59 Å². The Morgan fingerprint density at radius 2 is 0.947 bits per heavy atom. The summed E-state index contributed by atoms with van der Waals surface area (Å²) in [6.45, 7) is 6.34. The van der Waals surface area contributed by atoms with Gasteiger partial charge in [0, 0.05) is 6.42 Å². The Morgan fingerprint density at radius 3 is 1.40 bits per heavy atom. The third-order valence-corrected chi connectivity index (χ3v) is 10.9. The second kappa shape index (κ2) is 44.9. The zero-order valence-corrected chi connectivity index (χ0v) is 37.7. The summed E-state index contributed by atoms with van der Waals surface area (Å²) in [5.41, 5.74) is 0. The van der Waals surface area contributed by atoms with Gasteiger partial charge < -0.3 is 20.3 Å². The Bertz CT molecular complexity index is 988. The predicted octanol–water partition coefficient (Wildman–Crippen LogP) is 14.3. The molecule has 0 aliphatic rings. The van der Waals surface area contributed by atoms with Crippen molar-refractivity contribution in [2.24, 2.45) is 0 Å². The summed E-state index contributed by atoms with van der Waals surface area (Å²) in [6.07, 6.45) is 53.1. The highest BCUT2D eigenvalue weighted by Crippen LogP contribution is 2.17. The van der Waals surface area contributed by atoms with Crippen LogP contribution in [0.15, 0.2) is 48.6 Å². The molecule has 0 saturated carbocycles. The van der Waals surface area contributed by atoms with Crippen LogP contribution in [-0.4, -0.2) is 46.9 Å². The van der Waals surface area contributed by atoms with Crippen LogP contribution in [0.3, 0.4) is 0 Å². The molecule has 0 aromatic rings. The number of carbonyl (C=O) groups excluding carboxylic acids is 2. The van der Waals surface area contributed by atoms with Gasteiger partial charge >= 0.3 is 5.97 Å². The van der Waals surface area contributed by atoms with Crippen LogP contribution in [0.2, 0.25) is 0 Å². The molecule has 3 atom stereocenters. The molecule has 57 heavy (non-hydrogen) atoms. The van der Waals surface area contributed by atoms with Crippen molar-refractivity contribution in [1.29, 1.82) is 0 Å². The van der Waals surface area contributed by atoms with E-state index in [2.05, 4.69) is 74.7 Å². The number of nitrogens with one attached hydrogen (secondary N) is 1. The van der Waals surface area contributed by atoms with Crippen molar-refractivity contribution >= 4 is 11.9 Å². The summed E-state index contributed by atoms with van der Waals surface area (Å²) in [4.78, 5) is 26.0. The van der Waals surface area contributed by atoms with Crippen molar-refractivity contribution in [3.05, 3.63) is 48.6 Å². The molecule has 0 heterocycles. The molecule has 0 rings (SSSR count). The van der Waals surface area contributed by atoms with Crippen LogP contribution in [-0.2, 0) is 14.3 Å². The molecule has 1 amide bonds. The van der Waals surface area contributed by atoms with Crippen LogP contribution >= 0.6 is 0 Å². The van der Waals surface area contributed by atoms with Crippen LogP contribution in [0.1, 0.15) is 239 Å². The quantitative estimate of drug-likeness (QED) is 0.0324. The van der Waals surface area contributed by atoms with Gasteiger partial charge in [-0.2, -0.15) is 0 Å². The first-order chi connectivity index (χ1) is 28.0. The number of ether oxygens (including phenoxy) is 1. The zero-order chi connectivity index (χ0) is 41.7. The summed E-state index contributed by atoms with van der Waals surface area (Å²) in [7, 11) is 0. The zero-order valence-electron chi connectivity index (χ0n) is 37.7. The van der Waals surface area contributed by atoms with E-state index in [1.54, 1.807) is 0 Å². The van der Waals surface area contributed by atoms with Gasteiger partial charge in [-0.1, -0.05) is 217 Å². The highest BCUT2D eigenvalue weighted by atomic mass is 16.5. The molecule has 0 aromatic heterocycles. The largest absolute Gasteiger partial charge is 0.462 e. The molecular formula is C51H93NO5. The number of carbonyl (C=O) groups is 2. The maximum Gasteiger partial charge on any atom is 0.306 e. The molecule has 0 spiro atoms. The molecule has 0 aliphatic carbocycles. The van der Waals surface area contributed by atoms with Crippen molar-refractivity contribution in [3.63, 3.8) is 0 Å². The van der Waals surface area contributed by atoms with Crippen molar-refractivity contribution < 1.29 is 24.5 Å². The lowest BCUT2D eigenvalue weighted by atomic mass is 10.0. The normalized spacial score (nSPS) is 13.7.